The summed E-state index contributed by atoms with van der Waals surface area (Å²) in [6.45, 7) is 0.681. The van der Waals surface area contributed by atoms with Crippen LogP contribution in [0.1, 0.15) is 15.9 Å². The number of ether oxygens (including phenoxy) is 1. The normalized spacial score (nSPS) is 10.8. The number of rotatable bonds is 3. The minimum Gasteiger partial charge on any atom is -0.465 e. The maximum atomic E-state index is 11.6. The number of halogens is 1. The van der Waals surface area contributed by atoms with Crippen LogP contribution in [0.5, 0.6) is 0 Å². The summed E-state index contributed by atoms with van der Waals surface area (Å²) in [5.41, 5.74) is 2.66. The highest BCUT2D eigenvalue weighted by Gasteiger charge is 2.12. The fourth-order valence-corrected chi connectivity index (χ4v) is 2.77. The average Bonchev–Trinajstić information content (AvgIpc) is 2.83. The van der Waals surface area contributed by atoms with Gasteiger partial charge in [-0.2, -0.15) is 5.10 Å². The minimum atomic E-state index is -0.348. The second-order valence-electron chi connectivity index (χ2n) is 4.66. The highest BCUT2D eigenvalue weighted by molar-refractivity contribution is 9.10. The minimum absolute atomic E-state index is 0.348. The van der Waals surface area contributed by atoms with Crippen molar-refractivity contribution >= 4 is 32.8 Å². The van der Waals surface area contributed by atoms with Gasteiger partial charge in [-0.15, -0.1) is 0 Å². The zero-order chi connectivity index (χ0) is 14.8. The maximum absolute atomic E-state index is 11.6. The van der Waals surface area contributed by atoms with Crippen molar-refractivity contribution in [3.8, 4) is 0 Å². The van der Waals surface area contributed by atoms with Gasteiger partial charge < -0.3 is 4.74 Å². The Bertz CT molecular complexity index is 797. The lowest BCUT2D eigenvalue weighted by molar-refractivity contribution is 0.0601. The van der Waals surface area contributed by atoms with Gasteiger partial charge in [0.25, 0.3) is 0 Å². The summed E-state index contributed by atoms with van der Waals surface area (Å²) in [5, 5.41) is 5.39. The Morgan fingerprint density at radius 2 is 2.00 bits per heavy atom. The molecular formula is C16H13BrN2O2. The Morgan fingerprint density at radius 1 is 1.24 bits per heavy atom. The van der Waals surface area contributed by atoms with E-state index < -0.39 is 0 Å². The molecule has 0 N–H and O–H groups in total. The van der Waals surface area contributed by atoms with Gasteiger partial charge in [0.2, 0.25) is 0 Å². The zero-order valence-corrected chi connectivity index (χ0v) is 13.0. The Kier molecular flexibility index (Phi) is 3.75. The van der Waals surface area contributed by atoms with E-state index in [1.165, 1.54) is 12.7 Å². The third-order valence-corrected chi connectivity index (χ3v) is 3.89. The Balaban J connectivity index is 2.03. The molecule has 21 heavy (non-hydrogen) atoms. The topological polar surface area (TPSA) is 44.1 Å². The summed E-state index contributed by atoms with van der Waals surface area (Å²) in [5.74, 6) is -0.348. The first kappa shape index (κ1) is 13.8. The molecule has 0 saturated heterocycles. The molecule has 0 aliphatic carbocycles. The van der Waals surface area contributed by atoms with Crippen LogP contribution in [0.3, 0.4) is 0 Å². The van der Waals surface area contributed by atoms with E-state index in [1.807, 2.05) is 28.9 Å². The van der Waals surface area contributed by atoms with Gasteiger partial charge >= 0.3 is 5.97 Å². The molecule has 0 saturated carbocycles. The third-order valence-electron chi connectivity index (χ3n) is 3.30. The number of hydrogen-bond donors (Lipinski definition) is 0. The van der Waals surface area contributed by atoms with E-state index in [4.69, 9.17) is 4.74 Å². The number of esters is 1. The highest BCUT2D eigenvalue weighted by atomic mass is 79.9. The summed E-state index contributed by atoms with van der Waals surface area (Å²) in [7, 11) is 1.38. The standard InChI is InChI=1S/C16H13BrN2O2/c1-21-16(20)12-7-8-14-13(9-12)15(17)18-19(14)10-11-5-3-2-4-6-11/h2-9H,10H2,1H3. The lowest BCUT2D eigenvalue weighted by atomic mass is 10.1. The van der Waals surface area contributed by atoms with Crippen LogP contribution in [0, 0.1) is 0 Å². The number of nitrogens with zero attached hydrogens (tertiary/aromatic N) is 2. The predicted octanol–water partition coefficient (Wildman–Crippen LogP) is 3.63. The van der Waals surface area contributed by atoms with E-state index in [0.717, 1.165) is 15.5 Å². The van der Waals surface area contributed by atoms with E-state index in [9.17, 15) is 4.79 Å². The SMILES string of the molecule is COC(=O)c1ccc2c(c1)c(Br)nn2Cc1ccccc1. The first-order valence-electron chi connectivity index (χ1n) is 6.47. The molecular weight excluding hydrogens is 332 g/mol. The van der Waals surface area contributed by atoms with Crippen LogP contribution < -0.4 is 0 Å². The molecule has 3 rings (SSSR count). The van der Waals surface area contributed by atoms with Crippen molar-refractivity contribution in [1.29, 1.82) is 0 Å². The largest absolute Gasteiger partial charge is 0.465 e. The Morgan fingerprint density at radius 3 is 2.71 bits per heavy atom. The average molecular weight is 345 g/mol. The van der Waals surface area contributed by atoms with Crippen LogP contribution in [0.2, 0.25) is 0 Å². The summed E-state index contributed by atoms with van der Waals surface area (Å²) in [6, 6.07) is 15.6. The molecule has 0 radical (unpaired) electrons. The van der Waals surface area contributed by atoms with Crippen LogP contribution in [-0.2, 0) is 11.3 Å². The monoisotopic (exact) mass is 344 g/mol. The van der Waals surface area contributed by atoms with Crippen LogP contribution in [0.4, 0.5) is 0 Å². The van der Waals surface area contributed by atoms with E-state index in [2.05, 4.69) is 33.2 Å². The van der Waals surface area contributed by atoms with E-state index in [1.54, 1.807) is 12.1 Å². The summed E-state index contributed by atoms with van der Waals surface area (Å²) in [4.78, 5) is 11.6. The molecule has 3 aromatic rings. The molecule has 0 fully saturated rings. The molecule has 1 aromatic heterocycles. The fourth-order valence-electron chi connectivity index (χ4n) is 2.26. The second kappa shape index (κ2) is 5.69. The molecule has 0 spiro atoms. The lowest BCUT2D eigenvalue weighted by Crippen LogP contribution is -2.02. The summed E-state index contributed by atoms with van der Waals surface area (Å²) >= 11 is 3.45. The summed E-state index contributed by atoms with van der Waals surface area (Å²) in [6.07, 6.45) is 0. The van der Waals surface area contributed by atoms with Crippen molar-refractivity contribution < 1.29 is 9.53 Å². The van der Waals surface area contributed by atoms with Crippen LogP contribution in [0.25, 0.3) is 10.9 Å². The van der Waals surface area contributed by atoms with Gasteiger partial charge in [-0.1, -0.05) is 30.3 Å². The van der Waals surface area contributed by atoms with Gasteiger partial charge in [0, 0.05) is 5.39 Å². The Hall–Kier alpha value is -2.14. The first-order chi connectivity index (χ1) is 10.2. The zero-order valence-electron chi connectivity index (χ0n) is 11.4. The van der Waals surface area contributed by atoms with Gasteiger partial charge in [0.05, 0.1) is 24.7 Å². The summed E-state index contributed by atoms with van der Waals surface area (Å²) < 4.78 is 7.38. The van der Waals surface area contributed by atoms with Crippen LogP contribution in [-0.4, -0.2) is 22.9 Å². The van der Waals surface area contributed by atoms with Gasteiger partial charge in [0.15, 0.2) is 0 Å². The molecule has 0 aliphatic heterocycles. The first-order valence-corrected chi connectivity index (χ1v) is 7.26. The molecule has 2 aromatic carbocycles. The fraction of sp³-hybridized carbons (Fsp3) is 0.125. The number of carbonyl (C=O) groups excluding carboxylic acids is 1. The van der Waals surface area contributed by atoms with Gasteiger partial charge in [0.1, 0.15) is 4.60 Å². The van der Waals surface area contributed by atoms with Gasteiger partial charge in [-0.05, 0) is 39.7 Å². The number of benzene rings is 2. The number of aromatic nitrogens is 2. The molecule has 0 amide bonds. The molecule has 0 aliphatic rings. The number of methoxy groups -OCH3 is 1. The van der Waals surface area contributed by atoms with Crippen LogP contribution in [0.15, 0.2) is 53.1 Å². The van der Waals surface area contributed by atoms with E-state index in [0.29, 0.717) is 12.1 Å². The molecule has 0 unspecified atom stereocenters. The van der Waals surface area contributed by atoms with Crippen molar-refractivity contribution in [1.82, 2.24) is 9.78 Å². The number of hydrogen-bond acceptors (Lipinski definition) is 3. The molecule has 1 heterocycles. The van der Waals surface area contributed by atoms with Crippen molar-refractivity contribution in [3.63, 3.8) is 0 Å². The second-order valence-corrected chi connectivity index (χ2v) is 5.41. The quantitative estimate of drug-likeness (QED) is 0.681. The van der Waals surface area contributed by atoms with Crippen LogP contribution >= 0.6 is 15.9 Å². The molecule has 0 bridgehead atoms. The highest BCUT2D eigenvalue weighted by Crippen LogP contribution is 2.25. The van der Waals surface area contributed by atoms with Crippen molar-refractivity contribution in [2.45, 2.75) is 6.54 Å². The van der Waals surface area contributed by atoms with Gasteiger partial charge in [-0.25, -0.2) is 4.79 Å². The maximum Gasteiger partial charge on any atom is 0.337 e. The van der Waals surface area contributed by atoms with Crippen molar-refractivity contribution in [3.05, 3.63) is 64.3 Å². The molecule has 0 atom stereocenters. The molecule has 4 nitrogen and oxygen atoms in total. The lowest BCUT2D eigenvalue weighted by Gasteiger charge is -2.04. The number of fused-ring (bicyclic) bond motifs is 1. The number of carbonyl (C=O) groups is 1. The van der Waals surface area contributed by atoms with E-state index >= 15 is 0 Å². The van der Waals surface area contributed by atoms with E-state index in [-0.39, 0.29) is 5.97 Å². The van der Waals surface area contributed by atoms with Crippen molar-refractivity contribution in [2.24, 2.45) is 0 Å². The van der Waals surface area contributed by atoms with Crippen molar-refractivity contribution in [2.75, 3.05) is 7.11 Å². The smallest absolute Gasteiger partial charge is 0.337 e. The third kappa shape index (κ3) is 2.69. The molecule has 106 valence electrons. The molecule has 5 heteroatoms. The predicted molar refractivity (Wildman–Crippen MR) is 84.3 cm³/mol. The van der Waals surface area contributed by atoms with Gasteiger partial charge in [-0.3, -0.25) is 4.68 Å². The Labute approximate surface area is 130 Å².